The van der Waals surface area contributed by atoms with Crippen LogP contribution in [0.1, 0.15) is 31.4 Å². The van der Waals surface area contributed by atoms with Crippen LogP contribution in [-0.2, 0) is 6.54 Å². The molecule has 0 radical (unpaired) electrons. The van der Waals surface area contributed by atoms with Crippen LogP contribution in [0.2, 0.25) is 0 Å². The molecule has 0 bridgehead atoms. The maximum Gasteiger partial charge on any atom is 0.255 e. The van der Waals surface area contributed by atoms with Crippen molar-refractivity contribution >= 4 is 29.9 Å². The summed E-state index contributed by atoms with van der Waals surface area (Å²) in [6.45, 7) is 7.01. The van der Waals surface area contributed by atoms with E-state index in [1.807, 2.05) is 25.1 Å². The van der Waals surface area contributed by atoms with E-state index in [-0.39, 0.29) is 24.0 Å². The lowest BCUT2D eigenvalue weighted by molar-refractivity contribution is 0.152. The van der Waals surface area contributed by atoms with Gasteiger partial charge < -0.3 is 15.4 Å². The summed E-state index contributed by atoms with van der Waals surface area (Å²) >= 11 is 0. The van der Waals surface area contributed by atoms with Crippen molar-refractivity contribution in [2.24, 2.45) is 10.9 Å². The van der Waals surface area contributed by atoms with Crippen molar-refractivity contribution in [1.82, 2.24) is 10.6 Å². The monoisotopic (exact) mass is 455 g/mol. The van der Waals surface area contributed by atoms with Crippen LogP contribution in [0, 0.1) is 12.8 Å². The number of ether oxygens (including phenoxy) is 1. The third-order valence-electron chi connectivity index (χ3n) is 3.27. The Hall–Kier alpha value is -1.12. The first-order valence-corrected chi connectivity index (χ1v) is 7.87. The van der Waals surface area contributed by atoms with Crippen molar-refractivity contribution in [3.05, 3.63) is 29.3 Å². The molecular weight excluding hydrogens is 427 g/mol. The molecule has 1 aromatic rings. The molecule has 0 atom stereocenters. The standard InChI is InChI=1S/C17H27F2N3O.HI/c1-12(2)7-8-23-15-9-13(3)5-6-14(15)10-21-17(20-4)22-11-16(18)19;/h5-6,9,12,16H,7-8,10-11H2,1-4H3,(H2,20,21,22);1H. The summed E-state index contributed by atoms with van der Waals surface area (Å²) in [6.07, 6.45) is -1.43. The number of halogens is 3. The second-order valence-corrected chi connectivity index (χ2v) is 5.84. The molecule has 1 aromatic carbocycles. The van der Waals surface area contributed by atoms with Crippen LogP contribution < -0.4 is 15.4 Å². The van der Waals surface area contributed by atoms with E-state index in [9.17, 15) is 8.78 Å². The van der Waals surface area contributed by atoms with Crippen LogP contribution in [-0.4, -0.2) is 32.6 Å². The van der Waals surface area contributed by atoms with Gasteiger partial charge in [-0.1, -0.05) is 26.0 Å². The van der Waals surface area contributed by atoms with E-state index >= 15 is 0 Å². The molecule has 0 aliphatic rings. The van der Waals surface area contributed by atoms with Gasteiger partial charge in [0.05, 0.1) is 13.2 Å². The van der Waals surface area contributed by atoms with E-state index in [1.165, 1.54) is 0 Å². The van der Waals surface area contributed by atoms with Gasteiger partial charge in [-0.05, 0) is 30.9 Å². The van der Waals surface area contributed by atoms with Gasteiger partial charge in [-0.25, -0.2) is 8.78 Å². The Kier molecular flexibility index (Phi) is 11.7. The van der Waals surface area contributed by atoms with Gasteiger partial charge in [-0.15, -0.1) is 24.0 Å². The Morgan fingerprint density at radius 1 is 1.25 bits per heavy atom. The number of nitrogens with one attached hydrogen (secondary N) is 2. The molecule has 0 saturated heterocycles. The summed E-state index contributed by atoms with van der Waals surface area (Å²) < 4.78 is 30.4. The second-order valence-electron chi connectivity index (χ2n) is 5.84. The lowest BCUT2D eigenvalue weighted by Crippen LogP contribution is -2.39. The van der Waals surface area contributed by atoms with Crippen molar-refractivity contribution < 1.29 is 13.5 Å². The van der Waals surface area contributed by atoms with E-state index < -0.39 is 13.0 Å². The molecule has 0 aliphatic carbocycles. The van der Waals surface area contributed by atoms with Gasteiger partial charge in [0, 0.05) is 19.2 Å². The number of alkyl halides is 2. The van der Waals surface area contributed by atoms with E-state index in [0.717, 1.165) is 23.3 Å². The summed E-state index contributed by atoms with van der Waals surface area (Å²) in [5.41, 5.74) is 2.09. The number of hydrogen-bond acceptors (Lipinski definition) is 2. The Morgan fingerprint density at radius 2 is 1.96 bits per heavy atom. The first-order valence-electron chi connectivity index (χ1n) is 7.87. The number of nitrogens with zero attached hydrogens (tertiary/aromatic N) is 1. The molecule has 0 spiro atoms. The SMILES string of the molecule is CN=C(NCc1ccc(C)cc1OCCC(C)C)NCC(F)F.I. The Balaban J connectivity index is 0.00000529. The number of guanidine groups is 1. The molecule has 0 aliphatic heterocycles. The Morgan fingerprint density at radius 3 is 2.54 bits per heavy atom. The predicted octanol–water partition coefficient (Wildman–Crippen LogP) is 3.97. The van der Waals surface area contributed by atoms with E-state index in [2.05, 4.69) is 29.5 Å². The normalized spacial score (nSPS) is 11.4. The summed E-state index contributed by atoms with van der Waals surface area (Å²) in [7, 11) is 1.55. The van der Waals surface area contributed by atoms with Crippen molar-refractivity contribution in [2.75, 3.05) is 20.2 Å². The third-order valence-corrected chi connectivity index (χ3v) is 3.27. The molecule has 138 valence electrons. The van der Waals surface area contributed by atoms with Gasteiger partial charge in [-0.2, -0.15) is 0 Å². The quantitative estimate of drug-likeness (QED) is 0.354. The fourth-order valence-corrected chi connectivity index (χ4v) is 1.92. The highest BCUT2D eigenvalue weighted by atomic mass is 127. The number of aryl methyl sites for hydroxylation is 1. The fourth-order valence-electron chi connectivity index (χ4n) is 1.92. The van der Waals surface area contributed by atoms with Crippen LogP contribution in [0.3, 0.4) is 0 Å². The molecule has 0 heterocycles. The molecule has 24 heavy (non-hydrogen) atoms. The van der Waals surface area contributed by atoms with Gasteiger partial charge in [-0.3, -0.25) is 4.99 Å². The van der Waals surface area contributed by atoms with Crippen LogP contribution in [0.15, 0.2) is 23.2 Å². The minimum Gasteiger partial charge on any atom is -0.493 e. The van der Waals surface area contributed by atoms with E-state index in [4.69, 9.17) is 4.74 Å². The molecule has 1 rings (SSSR count). The average molecular weight is 455 g/mol. The van der Waals surface area contributed by atoms with Gasteiger partial charge >= 0.3 is 0 Å². The van der Waals surface area contributed by atoms with Crippen LogP contribution >= 0.6 is 24.0 Å². The molecule has 0 saturated carbocycles. The highest BCUT2D eigenvalue weighted by Crippen LogP contribution is 2.21. The topological polar surface area (TPSA) is 45.7 Å². The van der Waals surface area contributed by atoms with Gasteiger partial charge in [0.15, 0.2) is 5.96 Å². The predicted molar refractivity (Wildman–Crippen MR) is 106 cm³/mol. The first-order chi connectivity index (χ1) is 10.9. The number of hydrogen-bond donors (Lipinski definition) is 2. The van der Waals surface area contributed by atoms with Crippen molar-refractivity contribution in [3.8, 4) is 5.75 Å². The molecular formula is C17H28F2IN3O. The number of benzene rings is 1. The molecule has 2 N–H and O–H groups in total. The maximum atomic E-state index is 12.2. The third kappa shape index (κ3) is 9.24. The Bertz CT molecular complexity index is 511. The maximum absolute atomic E-state index is 12.2. The summed E-state index contributed by atoms with van der Waals surface area (Å²) in [6, 6.07) is 5.97. The van der Waals surface area contributed by atoms with E-state index in [1.54, 1.807) is 7.05 Å². The second kappa shape index (κ2) is 12.3. The molecule has 4 nitrogen and oxygen atoms in total. The molecule has 0 fully saturated rings. The molecule has 0 unspecified atom stereocenters. The zero-order chi connectivity index (χ0) is 17.2. The lowest BCUT2D eigenvalue weighted by atomic mass is 10.1. The van der Waals surface area contributed by atoms with Crippen molar-refractivity contribution in [2.45, 2.75) is 40.2 Å². The van der Waals surface area contributed by atoms with Crippen LogP contribution in [0.4, 0.5) is 8.78 Å². The van der Waals surface area contributed by atoms with Gasteiger partial charge in [0.2, 0.25) is 0 Å². The summed E-state index contributed by atoms with van der Waals surface area (Å²) in [4.78, 5) is 3.93. The zero-order valence-corrected chi connectivity index (χ0v) is 17.1. The molecule has 7 heteroatoms. The minimum atomic E-state index is -2.41. The van der Waals surface area contributed by atoms with E-state index in [0.29, 0.717) is 25.0 Å². The summed E-state index contributed by atoms with van der Waals surface area (Å²) in [5.74, 6) is 1.75. The van der Waals surface area contributed by atoms with Crippen molar-refractivity contribution in [3.63, 3.8) is 0 Å². The highest BCUT2D eigenvalue weighted by Gasteiger charge is 2.08. The molecule has 0 amide bonds. The molecule has 0 aromatic heterocycles. The van der Waals surface area contributed by atoms with Gasteiger partial charge in [0.25, 0.3) is 6.43 Å². The van der Waals surface area contributed by atoms with Gasteiger partial charge in [0.1, 0.15) is 5.75 Å². The lowest BCUT2D eigenvalue weighted by Gasteiger charge is -2.16. The van der Waals surface area contributed by atoms with Crippen LogP contribution in [0.5, 0.6) is 5.75 Å². The average Bonchev–Trinajstić information content (AvgIpc) is 2.48. The van der Waals surface area contributed by atoms with Crippen LogP contribution in [0.25, 0.3) is 0 Å². The zero-order valence-electron chi connectivity index (χ0n) is 14.7. The largest absolute Gasteiger partial charge is 0.493 e. The fraction of sp³-hybridized carbons (Fsp3) is 0.588. The number of aliphatic imine (C=N–C) groups is 1. The highest BCUT2D eigenvalue weighted by molar-refractivity contribution is 14.0. The minimum absolute atomic E-state index is 0. The Labute approximate surface area is 160 Å². The number of rotatable bonds is 8. The first kappa shape index (κ1) is 22.9. The smallest absolute Gasteiger partial charge is 0.255 e. The summed E-state index contributed by atoms with van der Waals surface area (Å²) in [5, 5.41) is 5.60. The van der Waals surface area contributed by atoms with Crippen molar-refractivity contribution in [1.29, 1.82) is 0 Å².